The molecule has 0 radical (unpaired) electrons. The Morgan fingerprint density at radius 2 is 2.33 bits per heavy atom. The number of aromatic nitrogens is 1. The Kier molecular flexibility index (Phi) is 3.52. The molecule has 64 valence electrons. The Hall–Kier alpha value is -1.11. The molecule has 1 rings (SSSR count). The van der Waals surface area contributed by atoms with Crippen molar-refractivity contribution < 1.29 is 0 Å². The van der Waals surface area contributed by atoms with Crippen LogP contribution < -0.4 is 0 Å². The van der Waals surface area contributed by atoms with Crippen molar-refractivity contribution >= 4 is 6.08 Å². The van der Waals surface area contributed by atoms with Gasteiger partial charge in [0.15, 0.2) is 0 Å². The molecule has 1 aromatic heterocycles. The van der Waals surface area contributed by atoms with Crippen LogP contribution in [0.25, 0.3) is 6.08 Å². The summed E-state index contributed by atoms with van der Waals surface area (Å²) < 4.78 is 0. The molecule has 0 N–H and O–H groups in total. The van der Waals surface area contributed by atoms with Gasteiger partial charge in [-0.2, -0.15) is 0 Å². The van der Waals surface area contributed by atoms with E-state index >= 15 is 0 Å². The third kappa shape index (κ3) is 2.50. The summed E-state index contributed by atoms with van der Waals surface area (Å²) in [7, 11) is 0. The Morgan fingerprint density at radius 3 is 3.00 bits per heavy atom. The Bertz CT molecular complexity index is 253. The highest BCUT2D eigenvalue weighted by Gasteiger charge is 1.93. The van der Waals surface area contributed by atoms with E-state index in [1.54, 1.807) is 6.08 Å². The molecule has 0 fully saturated rings. The van der Waals surface area contributed by atoms with Gasteiger partial charge in [0.25, 0.3) is 0 Å². The average molecular weight is 161 g/mol. The van der Waals surface area contributed by atoms with Crippen LogP contribution in [0.5, 0.6) is 0 Å². The van der Waals surface area contributed by atoms with Crippen LogP contribution in [0.15, 0.2) is 24.8 Å². The second-order valence-corrected chi connectivity index (χ2v) is 2.86. The molecule has 0 aliphatic rings. The molecule has 0 saturated heterocycles. The fourth-order valence-corrected chi connectivity index (χ4v) is 1.11. The van der Waals surface area contributed by atoms with E-state index in [9.17, 15) is 0 Å². The second kappa shape index (κ2) is 4.70. The van der Waals surface area contributed by atoms with Gasteiger partial charge in [0.05, 0.1) is 5.69 Å². The van der Waals surface area contributed by atoms with E-state index in [1.807, 2.05) is 12.1 Å². The molecule has 1 heterocycles. The summed E-state index contributed by atoms with van der Waals surface area (Å²) in [6.07, 6.45) is 5.31. The Labute approximate surface area is 74.2 Å². The minimum atomic E-state index is 0.976. The Balaban J connectivity index is 2.66. The lowest BCUT2D eigenvalue weighted by Gasteiger charge is -1.99. The van der Waals surface area contributed by atoms with Crippen molar-refractivity contribution in [1.29, 1.82) is 0 Å². The van der Waals surface area contributed by atoms with Crippen molar-refractivity contribution in [1.82, 2.24) is 4.98 Å². The molecule has 0 unspecified atom stereocenters. The zero-order chi connectivity index (χ0) is 8.81. The summed E-state index contributed by atoms with van der Waals surface area (Å²) in [5, 5.41) is 0. The van der Waals surface area contributed by atoms with Gasteiger partial charge in [0.1, 0.15) is 0 Å². The highest BCUT2D eigenvalue weighted by Crippen LogP contribution is 2.04. The van der Waals surface area contributed by atoms with Crippen LogP contribution in [0.2, 0.25) is 0 Å². The van der Waals surface area contributed by atoms with Crippen LogP contribution in [0.4, 0.5) is 0 Å². The van der Waals surface area contributed by atoms with Gasteiger partial charge in [-0.25, -0.2) is 0 Å². The minimum Gasteiger partial charge on any atom is -0.254 e. The molecule has 0 saturated carbocycles. The van der Waals surface area contributed by atoms with Gasteiger partial charge in [-0.15, -0.1) is 0 Å². The molecule has 0 aliphatic carbocycles. The minimum absolute atomic E-state index is 0.976. The first-order valence-electron chi connectivity index (χ1n) is 4.45. The van der Waals surface area contributed by atoms with Gasteiger partial charge >= 0.3 is 0 Å². The van der Waals surface area contributed by atoms with E-state index in [2.05, 4.69) is 24.6 Å². The first-order chi connectivity index (χ1) is 5.86. The number of pyridine rings is 1. The number of aryl methyl sites for hydroxylation is 1. The maximum atomic E-state index is 4.41. The lowest BCUT2D eigenvalue weighted by molar-refractivity contribution is 0.776. The standard InChI is InChI=1S/C11H15N/c1-3-5-7-11-9-6-8-10(4-2)12-11/h4,6,8-9H,2-3,5,7H2,1H3. The molecule has 0 aliphatic heterocycles. The number of unbranched alkanes of at least 4 members (excludes halogenated alkanes) is 1. The molecule has 1 aromatic rings. The molecule has 12 heavy (non-hydrogen) atoms. The van der Waals surface area contributed by atoms with Crippen LogP contribution in [-0.4, -0.2) is 4.98 Å². The second-order valence-electron chi connectivity index (χ2n) is 2.86. The summed E-state index contributed by atoms with van der Waals surface area (Å²) in [5.41, 5.74) is 2.15. The van der Waals surface area contributed by atoms with Gasteiger partial charge in [-0.3, -0.25) is 4.98 Å². The zero-order valence-electron chi connectivity index (χ0n) is 7.59. The van der Waals surface area contributed by atoms with Crippen molar-refractivity contribution in [2.24, 2.45) is 0 Å². The maximum absolute atomic E-state index is 4.41. The number of rotatable bonds is 4. The Morgan fingerprint density at radius 1 is 1.50 bits per heavy atom. The summed E-state index contributed by atoms with van der Waals surface area (Å²) in [6.45, 7) is 5.88. The van der Waals surface area contributed by atoms with Gasteiger partial charge in [-0.1, -0.05) is 26.0 Å². The average Bonchev–Trinajstić information content (AvgIpc) is 2.15. The number of nitrogens with zero attached hydrogens (tertiary/aromatic N) is 1. The quantitative estimate of drug-likeness (QED) is 0.661. The third-order valence-corrected chi connectivity index (χ3v) is 1.82. The van der Waals surface area contributed by atoms with E-state index in [4.69, 9.17) is 0 Å². The van der Waals surface area contributed by atoms with Crippen molar-refractivity contribution in [2.45, 2.75) is 26.2 Å². The highest BCUT2D eigenvalue weighted by atomic mass is 14.7. The molecular weight excluding hydrogens is 146 g/mol. The summed E-state index contributed by atoms with van der Waals surface area (Å²) in [6, 6.07) is 6.08. The lowest BCUT2D eigenvalue weighted by Crippen LogP contribution is -1.90. The topological polar surface area (TPSA) is 12.9 Å². The molecule has 0 aromatic carbocycles. The van der Waals surface area contributed by atoms with Gasteiger partial charge in [0.2, 0.25) is 0 Å². The fourth-order valence-electron chi connectivity index (χ4n) is 1.11. The third-order valence-electron chi connectivity index (χ3n) is 1.82. The van der Waals surface area contributed by atoms with E-state index < -0.39 is 0 Å². The smallest absolute Gasteiger partial charge is 0.0627 e. The number of hydrogen-bond acceptors (Lipinski definition) is 1. The molecular formula is C11H15N. The van der Waals surface area contributed by atoms with Crippen molar-refractivity contribution in [3.63, 3.8) is 0 Å². The molecule has 1 heteroatoms. The molecule has 0 bridgehead atoms. The largest absolute Gasteiger partial charge is 0.254 e. The van der Waals surface area contributed by atoms with Crippen LogP contribution in [0.3, 0.4) is 0 Å². The van der Waals surface area contributed by atoms with E-state index in [-0.39, 0.29) is 0 Å². The monoisotopic (exact) mass is 161 g/mol. The summed E-state index contributed by atoms with van der Waals surface area (Å²) in [5.74, 6) is 0. The number of hydrogen-bond donors (Lipinski definition) is 0. The fraction of sp³-hybridized carbons (Fsp3) is 0.364. The predicted molar refractivity (Wildman–Crippen MR) is 52.9 cm³/mol. The van der Waals surface area contributed by atoms with Crippen LogP contribution in [0.1, 0.15) is 31.2 Å². The van der Waals surface area contributed by atoms with E-state index in [0.29, 0.717) is 0 Å². The van der Waals surface area contributed by atoms with Crippen molar-refractivity contribution in [3.05, 3.63) is 36.2 Å². The molecule has 0 atom stereocenters. The van der Waals surface area contributed by atoms with Crippen LogP contribution >= 0.6 is 0 Å². The van der Waals surface area contributed by atoms with Crippen molar-refractivity contribution in [3.8, 4) is 0 Å². The van der Waals surface area contributed by atoms with Gasteiger partial charge in [0, 0.05) is 5.69 Å². The lowest BCUT2D eigenvalue weighted by atomic mass is 10.2. The maximum Gasteiger partial charge on any atom is 0.0627 e. The SMILES string of the molecule is C=Cc1cccc(CCCC)n1. The van der Waals surface area contributed by atoms with Crippen LogP contribution in [-0.2, 0) is 6.42 Å². The normalized spacial score (nSPS) is 9.75. The molecule has 1 nitrogen and oxygen atoms in total. The van der Waals surface area contributed by atoms with Crippen LogP contribution in [0, 0.1) is 0 Å². The summed E-state index contributed by atoms with van der Waals surface area (Å²) >= 11 is 0. The van der Waals surface area contributed by atoms with Gasteiger partial charge < -0.3 is 0 Å². The molecule has 0 amide bonds. The highest BCUT2D eigenvalue weighted by molar-refractivity contribution is 5.41. The van der Waals surface area contributed by atoms with E-state index in [0.717, 1.165) is 12.1 Å². The predicted octanol–water partition coefficient (Wildman–Crippen LogP) is 3.07. The van der Waals surface area contributed by atoms with Crippen molar-refractivity contribution in [2.75, 3.05) is 0 Å². The first-order valence-corrected chi connectivity index (χ1v) is 4.45. The first kappa shape index (κ1) is 8.98. The zero-order valence-corrected chi connectivity index (χ0v) is 7.59. The summed E-state index contributed by atoms with van der Waals surface area (Å²) in [4.78, 5) is 4.41. The van der Waals surface area contributed by atoms with E-state index in [1.165, 1.54) is 18.5 Å². The van der Waals surface area contributed by atoms with Gasteiger partial charge in [-0.05, 0) is 31.1 Å². The molecule has 0 spiro atoms.